The van der Waals surface area contributed by atoms with Gasteiger partial charge in [0.2, 0.25) is 0 Å². The van der Waals surface area contributed by atoms with Gasteiger partial charge < -0.3 is 24.2 Å². The highest BCUT2D eigenvalue weighted by atomic mass is 16.6. The number of likely N-dealkylation sites (N-methyl/N-ethyl adjacent to an activating group) is 1. The molecule has 37 heavy (non-hydrogen) atoms. The van der Waals surface area contributed by atoms with Crippen LogP contribution in [0.1, 0.15) is 102 Å². The van der Waals surface area contributed by atoms with Crippen LogP contribution in [0, 0.1) is 6.92 Å². The topological polar surface area (TPSA) is 68.2 Å². The molecule has 1 N–H and O–H groups in total. The Balaban J connectivity index is 1.47. The Kier molecular flexibility index (Phi) is 8.90. The lowest BCUT2D eigenvalue weighted by Gasteiger charge is -2.58. The van der Waals surface area contributed by atoms with Crippen molar-refractivity contribution in [2.45, 2.75) is 121 Å². The second kappa shape index (κ2) is 11.8. The molecule has 1 aromatic rings. The molecule has 0 amide bonds. The van der Waals surface area contributed by atoms with Gasteiger partial charge in [-0.2, -0.15) is 0 Å². The van der Waals surface area contributed by atoms with Crippen molar-refractivity contribution in [3.63, 3.8) is 0 Å². The van der Waals surface area contributed by atoms with Crippen LogP contribution in [0.4, 0.5) is 0 Å². The predicted octanol–water partition coefficient (Wildman–Crippen LogP) is 6.21. The first kappa shape index (κ1) is 28.0. The molecule has 1 aliphatic carbocycles. The van der Waals surface area contributed by atoms with E-state index in [-0.39, 0.29) is 12.0 Å². The summed E-state index contributed by atoms with van der Waals surface area (Å²) in [5.41, 5.74) is 0.311. The predicted molar refractivity (Wildman–Crippen MR) is 146 cm³/mol. The van der Waals surface area contributed by atoms with E-state index in [9.17, 15) is 9.90 Å². The normalized spacial score (nSPS) is 28.5. The minimum Gasteiger partial charge on any atom is -0.493 e. The fourth-order valence-corrected chi connectivity index (χ4v) is 6.92. The van der Waals surface area contributed by atoms with Crippen LogP contribution < -0.4 is 9.47 Å². The molecular weight excluding hydrogens is 466 g/mol. The summed E-state index contributed by atoms with van der Waals surface area (Å²) in [6, 6.07) is 3.87. The van der Waals surface area contributed by atoms with Crippen molar-refractivity contribution in [1.82, 2.24) is 4.90 Å². The second-order valence-electron chi connectivity index (χ2n) is 11.5. The monoisotopic (exact) mass is 513 g/mol. The van der Waals surface area contributed by atoms with Crippen LogP contribution in [-0.4, -0.2) is 54.4 Å². The summed E-state index contributed by atoms with van der Waals surface area (Å²) in [6.07, 6.45) is 13.7. The van der Waals surface area contributed by atoms with Gasteiger partial charge >= 0.3 is 5.97 Å². The third kappa shape index (κ3) is 5.04. The third-order valence-corrected chi connectivity index (χ3v) is 9.25. The molecule has 0 bridgehead atoms. The van der Waals surface area contributed by atoms with E-state index in [2.05, 4.69) is 32.7 Å². The van der Waals surface area contributed by atoms with Crippen LogP contribution in [0.5, 0.6) is 11.5 Å². The molecule has 1 fully saturated rings. The summed E-state index contributed by atoms with van der Waals surface area (Å²) in [4.78, 5) is 15.1. The Morgan fingerprint density at radius 2 is 1.81 bits per heavy atom. The van der Waals surface area contributed by atoms with Crippen LogP contribution >= 0.6 is 0 Å². The Labute approximate surface area is 223 Å². The van der Waals surface area contributed by atoms with Gasteiger partial charge in [-0.15, -0.1) is 0 Å². The number of esters is 1. The number of piperidine rings is 1. The number of rotatable bonds is 12. The number of carbonyl (C=O) groups excluding carboxylic acids is 1. The number of aryl methyl sites for hydroxylation is 1. The number of hydrogen-bond donors (Lipinski definition) is 1. The largest absolute Gasteiger partial charge is 0.493 e. The number of benzene rings is 1. The Hall–Kier alpha value is -2.05. The molecule has 2 aliphatic heterocycles. The van der Waals surface area contributed by atoms with E-state index < -0.39 is 17.1 Å². The Morgan fingerprint density at radius 3 is 2.49 bits per heavy atom. The van der Waals surface area contributed by atoms with Gasteiger partial charge in [0, 0.05) is 24.4 Å². The van der Waals surface area contributed by atoms with Crippen molar-refractivity contribution in [1.29, 1.82) is 0 Å². The second-order valence-corrected chi connectivity index (χ2v) is 11.5. The molecule has 0 aromatic heterocycles. The van der Waals surface area contributed by atoms with Crippen LogP contribution in [0.3, 0.4) is 0 Å². The molecule has 0 radical (unpaired) electrons. The summed E-state index contributed by atoms with van der Waals surface area (Å²) >= 11 is 0. The van der Waals surface area contributed by atoms with Crippen LogP contribution in [0.25, 0.3) is 0 Å². The summed E-state index contributed by atoms with van der Waals surface area (Å²) in [7, 11) is 3.70. The number of carbonyl (C=O) groups is 1. The average Bonchev–Trinajstić information content (AvgIpc) is 3.25. The molecule has 6 nitrogen and oxygen atoms in total. The lowest BCUT2D eigenvalue weighted by Crippen LogP contribution is -2.71. The minimum absolute atomic E-state index is 0.0839. The quantitative estimate of drug-likeness (QED) is 0.265. The molecule has 4 rings (SSSR count). The molecule has 3 aliphatic rings. The maximum absolute atomic E-state index is 12.9. The van der Waals surface area contributed by atoms with Crippen molar-refractivity contribution in [3.8, 4) is 11.5 Å². The summed E-state index contributed by atoms with van der Waals surface area (Å²) < 4.78 is 18.2. The SMILES string of the molecule is CCCCCCCCCCCC(=O)OC1=CC[C@@]2(O)[C@@H](C)N(C)CC[C@@]23c2c(C)ccc(OC)c2O[C@@H]13. The molecule has 1 spiro atoms. The Bertz CT molecular complexity index is 990. The van der Waals surface area contributed by atoms with E-state index in [1.165, 1.54) is 44.9 Å². The highest BCUT2D eigenvalue weighted by molar-refractivity contribution is 5.71. The number of methoxy groups -OCH3 is 1. The van der Waals surface area contributed by atoms with Crippen LogP contribution in [0.15, 0.2) is 24.0 Å². The highest BCUT2D eigenvalue weighted by Crippen LogP contribution is 2.62. The van der Waals surface area contributed by atoms with Gasteiger partial charge in [-0.25, -0.2) is 0 Å². The lowest BCUT2D eigenvalue weighted by molar-refractivity contribution is -0.162. The number of nitrogens with zero attached hydrogens (tertiary/aromatic N) is 1. The zero-order chi connectivity index (χ0) is 26.6. The van der Waals surface area contributed by atoms with E-state index >= 15 is 0 Å². The van der Waals surface area contributed by atoms with Crippen LogP contribution in [-0.2, 0) is 14.9 Å². The molecule has 1 aromatic carbocycles. The van der Waals surface area contributed by atoms with Crippen molar-refractivity contribution in [2.75, 3.05) is 20.7 Å². The van der Waals surface area contributed by atoms with E-state index in [0.29, 0.717) is 36.5 Å². The smallest absolute Gasteiger partial charge is 0.310 e. The number of likely N-dealkylation sites (tertiary alicyclic amines) is 1. The van der Waals surface area contributed by atoms with Crippen molar-refractivity contribution < 1.29 is 24.1 Å². The van der Waals surface area contributed by atoms with Gasteiger partial charge in [0.25, 0.3) is 0 Å². The molecular formula is C31H47NO5. The number of aliphatic hydroxyl groups is 1. The van der Waals surface area contributed by atoms with Gasteiger partial charge in [-0.3, -0.25) is 4.79 Å². The van der Waals surface area contributed by atoms with Gasteiger partial charge in [0.05, 0.1) is 18.1 Å². The molecule has 1 saturated heterocycles. The van der Waals surface area contributed by atoms with E-state index in [1.54, 1.807) is 7.11 Å². The number of unbranched alkanes of at least 4 members (excludes halogenated alkanes) is 8. The van der Waals surface area contributed by atoms with E-state index in [0.717, 1.165) is 30.5 Å². The molecule has 0 saturated carbocycles. The average molecular weight is 514 g/mol. The number of ether oxygens (including phenoxy) is 3. The summed E-state index contributed by atoms with van der Waals surface area (Å²) in [6.45, 7) is 7.21. The zero-order valence-electron chi connectivity index (χ0n) is 23.6. The van der Waals surface area contributed by atoms with Crippen molar-refractivity contribution in [3.05, 3.63) is 35.1 Å². The van der Waals surface area contributed by atoms with Gasteiger partial charge in [-0.05, 0) is 58.0 Å². The number of hydrogen-bond acceptors (Lipinski definition) is 6. The first-order chi connectivity index (χ1) is 17.8. The molecule has 0 unspecified atom stereocenters. The van der Waals surface area contributed by atoms with Crippen molar-refractivity contribution >= 4 is 5.97 Å². The Morgan fingerprint density at radius 1 is 1.14 bits per heavy atom. The molecule has 6 heteroatoms. The maximum atomic E-state index is 12.9. The van der Waals surface area contributed by atoms with Gasteiger partial charge in [-0.1, -0.05) is 64.4 Å². The highest BCUT2D eigenvalue weighted by Gasteiger charge is 2.69. The van der Waals surface area contributed by atoms with E-state index in [4.69, 9.17) is 14.2 Å². The van der Waals surface area contributed by atoms with Crippen molar-refractivity contribution in [2.24, 2.45) is 0 Å². The van der Waals surface area contributed by atoms with Gasteiger partial charge in [0.1, 0.15) is 5.76 Å². The molecule has 2 heterocycles. The van der Waals surface area contributed by atoms with E-state index in [1.807, 2.05) is 18.2 Å². The summed E-state index contributed by atoms with van der Waals surface area (Å²) in [5.74, 6) is 1.66. The summed E-state index contributed by atoms with van der Waals surface area (Å²) in [5, 5.41) is 12.3. The first-order valence-electron chi connectivity index (χ1n) is 14.5. The molecule has 206 valence electrons. The minimum atomic E-state index is -1.06. The first-order valence-corrected chi connectivity index (χ1v) is 14.5. The molecule has 4 atom stereocenters. The fraction of sp³-hybridized carbons (Fsp3) is 0.710. The standard InChI is InChI=1S/C31H47NO5/c1-6-7-8-9-10-11-12-13-14-15-26(33)36-25-18-19-31(34)23(3)32(4)21-20-30(31)27-22(2)16-17-24(35-5)28(27)37-29(25)30/h16-18,23,29,34H,6-15,19-21H2,1-5H3/t23-,29+,30+,31-/m1/s1. The fourth-order valence-electron chi connectivity index (χ4n) is 6.92. The lowest BCUT2D eigenvalue weighted by atomic mass is 9.54. The number of fused-ring (bicyclic) bond motifs is 1. The third-order valence-electron chi connectivity index (χ3n) is 9.25. The zero-order valence-corrected chi connectivity index (χ0v) is 23.6. The van der Waals surface area contributed by atoms with Crippen LogP contribution in [0.2, 0.25) is 0 Å². The maximum Gasteiger partial charge on any atom is 0.310 e. The van der Waals surface area contributed by atoms with Gasteiger partial charge in [0.15, 0.2) is 17.6 Å².